The van der Waals surface area contributed by atoms with Crippen molar-refractivity contribution in [1.29, 1.82) is 0 Å². The molecule has 8 heteroatoms. The lowest BCUT2D eigenvalue weighted by Crippen LogP contribution is -3.14. The van der Waals surface area contributed by atoms with Crippen LogP contribution in [0, 0.1) is 0 Å². The van der Waals surface area contributed by atoms with Crippen LogP contribution < -0.4 is 25.6 Å². The summed E-state index contributed by atoms with van der Waals surface area (Å²) in [6, 6.07) is 13.9. The van der Waals surface area contributed by atoms with E-state index < -0.39 is 0 Å². The summed E-state index contributed by atoms with van der Waals surface area (Å²) >= 11 is 0. The highest BCUT2D eigenvalue weighted by Crippen LogP contribution is 2.23. The quantitative estimate of drug-likeness (QED) is 0.459. The third kappa shape index (κ3) is 7.75. The SMILES string of the molecule is CC[NH+](CC(=O)Nc1ccc(C(=O)Nc2ccccc2OC)cc1)CC(=O)NC(C)C. The number of carbonyl (C=O) groups excluding carboxylic acids is 3. The average Bonchev–Trinajstić information content (AvgIpc) is 2.73. The highest BCUT2D eigenvalue weighted by molar-refractivity contribution is 6.05. The van der Waals surface area contributed by atoms with Gasteiger partial charge < -0.3 is 25.6 Å². The van der Waals surface area contributed by atoms with Gasteiger partial charge in [0.15, 0.2) is 13.1 Å². The zero-order valence-corrected chi connectivity index (χ0v) is 18.5. The summed E-state index contributed by atoms with van der Waals surface area (Å²) in [6.45, 7) is 6.80. The van der Waals surface area contributed by atoms with Crippen molar-refractivity contribution in [2.45, 2.75) is 26.8 Å². The molecule has 1 atom stereocenters. The number of likely N-dealkylation sites (N-methyl/N-ethyl adjacent to an activating group) is 1. The molecule has 3 amide bonds. The van der Waals surface area contributed by atoms with E-state index in [4.69, 9.17) is 4.74 Å². The van der Waals surface area contributed by atoms with Gasteiger partial charge in [-0.3, -0.25) is 14.4 Å². The molecule has 0 fully saturated rings. The largest absolute Gasteiger partial charge is 0.495 e. The van der Waals surface area contributed by atoms with Crippen LogP contribution in [0.1, 0.15) is 31.1 Å². The summed E-state index contributed by atoms with van der Waals surface area (Å²) in [5, 5.41) is 8.46. The summed E-state index contributed by atoms with van der Waals surface area (Å²) in [7, 11) is 1.54. The molecule has 2 aromatic carbocycles. The van der Waals surface area contributed by atoms with Crippen LogP contribution >= 0.6 is 0 Å². The van der Waals surface area contributed by atoms with Crippen LogP contribution in [0.2, 0.25) is 0 Å². The molecular formula is C23H31N4O4+. The van der Waals surface area contributed by atoms with Gasteiger partial charge in [0.05, 0.1) is 19.3 Å². The number of amides is 3. The third-order valence-electron chi connectivity index (χ3n) is 4.56. The molecule has 2 aromatic rings. The minimum Gasteiger partial charge on any atom is -0.495 e. The Morgan fingerprint density at radius 3 is 2.19 bits per heavy atom. The number of para-hydroxylation sites is 2. The van der Waals surface area contributed by atoms with Gasteiger partial charge in [-0.25, -0.2) is 0 Å². The fourth-order valence-electron chi connectivity index (χ4n) is 2.99. The van der Waals surface area contributed by atoms with Gasteiger partial charge in [-0.15, -0.1) is 0 Å². The van der Waals surface area contributed by atoms with Crippen LogP contribution in [0.4, 0.5) is 11.4 Å². The zero-order valence-electron chi connectivity index (χ0n) is 18.5. The second-order valence-electron chi connectivity index (χ2n) is 7.46. The topological polar surface area (TPSA) is 101 Å². The molecule has 8 nitrogen and oxygen atoms in total. The standard InChI is InChI=1S/C23H30N4O4/c1-5-27(14-21(28)24-16(2)3)15-22(29)25-18-12-10-17(11-13-18)23(30)26-19-8-6-7-9-20(19)31-4/h6-13,16H,5,14-15H2,1-4H3,(H,24,28)(H,25,29)(H,26,30)/p+1. The molecule has 0 aromatic heterocycles. The maximum Gasteiger partial charge on any atom is 0.279 e. The van der Waals surface area contributed by atoms with E-state index in [1.54, 1.807) is 43.5 Å². The summed E-state index contributed by atoms with van der Waals surface area (Å²) in [5.41, 5.74) is 1.62. The average molecular weight is 428 g/mol. The number of hydrogen-bond donors (Lipinski definition) is 4. The fourth-order valence-corrected chi connectivity index (χ4v) is 2.99. The minimum atomic E-state index is -0.278. The van der Waals surface area contributed by atoms with E-state index in [0.717, 1.165) is 4.90 Å². The van der Waals surface area contributed by atoms with Crippen molar-refractivity contribution in [3.63, 3.8) is 0 Å². The summed E-state index contributed by atoms with van der Waals surface area (Å²) < 4.78 is 5.24. The number of benzene rings is 2. The Balaban J connectivity index is 1.91. The molecule has 0 aliphatic rings. The Hall–Kier alpha value is -3.39. The molecule has 1 unspecified atom stereocenters. The van der Waals surface area contributed by atoms with E-state index in [9.17, 15) is 14.4 Å². The van der Waals surface area contributed by atoms with Crippen LogP contribution in [0.5, 0.6) is 5.75 Å². The number of anilines is 2. The lowest BCUT2D eigenvalue weighted by atomic mass is 10.2. The van der Waals surface area contributed by atoms with Crippen LogP contribution in [-0.4, -0.2) is 50.5 Å². The summed E-state index contributed by atoms with van der Waals surface area (Å²) in [5.74, 6) is 0.0235. The van der Waals surface area contributed by atoms with Crippen molar-refractivity contribution in [3.05, 3.63) is 54.1 Å². The van der Waals surface area contributed by atoms with E-state index >= 15 is 0 Å². The van der Waals surface area contributed by atoms with Gasteiger partial charge in [-0.2, -0.15) is 0 Å². The molecule has 0 heterocycles. The van der Waals surface area contributed by atoms with Crippen molar-refractivity contribution < 1.29 is 24.0 Å². The maximum absolute atomic E-state index is 12.5. The summed E-state index contributed by atoms with van der Waals surface area (Å²) in [4.78, 5) is 37.6. The van der Waals surface area contributed by atoms with Crippen LogP contribution in [0.25, 0.3) is 0 Å². The van der Waals surface area contributed by atoms with Gasteiger partial charge in [0, 0.05) is 17.3 Å². The predicted octanol–water partition coefficient (Wildman–Crippen LogP) is 1.32. The number of hydrogen-bond acceptors (Lipinski definition) is 4. The second-order valence-corrected chi connectivity index (χ2v) is 7.46. The van der Waals surface area contributed by atoms with Crippen molar-refractivity contribution in [2.24, 2.45) is 0 Å². The molecular weight excluding hydrogens is 396 g/mol. The number of rotatable bonds is 10. The Morgan fingerprint density at radius 1 is 0.935 bits per heavy atom. The number of ether oxygens (including phenoxy) is 1. The smallest absolute Gasteiger partial charge is 0.279 e. The molecule has 0 saturated carbocycles. The van der Waals surface area contributed by atoms with E-state index in [2.05, 4.69) is 16.0 Å². The van der Waals surface area contributed by atoms with Gasteiger partial charge in [-0.1, -0.05) is 12.1 Å². The molecule has 0 saturated heterocycles. The fraction of sp³-hybridized carbons (Fsp3) is 0.348. The van der Waals surface area contributed by atoms with Gasteiger partial charge >= 0.3 is 0 Å². The molecule has 0 spiro atoms. The maximum atomic E-state index is 12.5. The third-order valence-corrected chi connectivity index (χ3v) is 4.56. The van der Waals surface area contributed by atoms with Gasteiger partial charge in [0.25, 0.3) is 17.7 Å². The van der Waals surface area contributed by atoms with Gasteiger partial charge in [0.1, 0.15) is 5.75 Å². The Bertz CT molecular complexity index is 897. The molecule has 2 rings (SSSR count). The van der Waals surface area contributed by atoms with Crippen molar-refractivity contribution in [3.8, 4) is 5.75 Å². The van der Waals surface area contributed by atoms with Gasteiger partial charge in [0.2, 0.25) is 0 Å². The Labute approximate surface area is 183 Å². The van der Waals surface area contributed by atoms with E-state index in [1.165, 1.54) is 0 Å². The minimum absolute atomic E-state index is 0.0677. The highest BCUT2D eigenvalue weighted by Gasteiger charge is 2.17. The van der Waals surface area contributed by atoms with Gasteiger partial charge in [-0.05, 0) is 57.2 Å². The predicted molar refractivity (Wildman–Crippen MR) is 121 cm³/mol. The molecule has 0 aliphatic carbocycles. The first-order valence-electron chi connectivity index (χ1n) is 10.3. The number of methoxy groups -OCH3 is 1. The second kappa shape index (κ2) is 11.7. The highest BCUT2D eigenvalue weighted by atomic mass is 16.5. The number of quaternary nitrogens is 1. The first kappa shape index (κ1) is 23.9. The molecule has 0 radical (unpaired) electrons. The van der Waals surface area contributed by atoms with Crippen molar-refractivity contribution >= 4 is 29.1 Å². The van der Waals surface area contributed by atoms with Crippen molar-refractivity contribution in [2.75, 3.05) is 37.4 Å². The first-order chi connectivity index (χ1) is 14.8. The zero-order chi connectivity index (χ0) is 22.8. The Kier molecular flexibility index (Phi) is 9.02. The monoisotopic (exact) mass is 427 g/mol. The van der Waals surface area contributed by atoms with Crippen molar-refractivity contribution in [1.82, 2.24) is 5.32 Å². The number of carbonyl (C=O) groups is 3. The molecule has 0 bridgehead atoms. The Morgan fingerprint density at radius 2 is 1.58 bits per heavy atom. The lowest BCUT2D eigenvalue weighted by molar-refractivity contribution is -0.881. The first-order valence-corrected chi connectivity index (χ1v) is 10.3. The lowest BCUT2D eigenvalue weighted by Gasteiger charge is -2.18. The van der Waals surface area contributed by atoms with E-state index in [-0.39, 0.29) is 36.9 Å². The van der Waals surface area contributed by atoms with Crippen LogP contribution in [0.3, 0.4) is 0 Å². The number of nitrogens with one attached hydrogen (secondary N) is 4. The van der Waals surface area contributed by atoms with Crippen LogP contribution in [0.15, 0.2) is 48.5 Å². The molecule has 0 aliphatic heterocycles. The normalized spacial score (nSPS) is 11.5. The van der Waals surface area contributed by atoms with Crippen LogP contribution in [-0.2, 0) is 9.59 Å². The summed E-state index contributed by atoms with van der Waals surface area (Å²) in [6.07, 6.45) is 0. The van der Waals surface area contributed by atoms with E-state index in [0.29, 0.717) is 29.2 Å². The molecule has 166 valence electrons. The van der Waals surface area contributed by atoms with E-state index in [1.807, 2.05) is 32.9 Å². The molecule has 31 heavy (non-hydrogen) atoms. The molecule has 4 N–H and O–H groups in total.